The van der Waals surface area contributed by atoms with Crippen LogP contribution in [0.5, 0.6) is 23.0 Å². The van der Waals surface area contributed by atoms with E-state index in [0.717, 1.165) is 6.07 Å². The number of carbonyl (C=O) groups excluding carboxylic acids is 1. The van der Waals surface area contributed by atoms with E-state index in [-0.39, 0.29) is 46.9 Å². The molecule has 0 radical (unpaired) electrons. The number of rotatable bonds is 5. The fourth-order valence-electron chi connectivity index (χ4n) is 3.08. The summed E-state index contributed by atoms with van der Waals surface area (Å²) >= 11 is 0. The highest BCUT2D eigenvalue weighted by Crippen LogP contribution is 2.37. The van der Waals surface area contributed by atoms with Crippen molar-refractivity contribution in [3.05, 3.63) is 47.7 Å². The smallest absolute Gasteiger partial charge is 0.294 e. The number of aromatic hydroxyl groups is 2. The van der Waals surface area contributed by atoms with Crippen LogP contribution < -0.4 is 20.6 Å². The lowest BCUT2D eigenvalue weighted by Crippen LogP contribution is -2.19. The molecular formula is C19H14N8O6. The number of nitrogens with zero attached hydrogens (tertiary/aromatic N) is 6. The van der Waals surface area contributed by atoms with E-state index in [1.807, 2.05) is 0 Å². The molecule has 0 bridgehead atoms. The van der Waals surface area contributed by atoms with E-state index >= 15 is 0 Å². The molecule has 2 aromatic carbocycles. The summed E-state index contributed by atoms with van der Waals surface area (Å²) in [5.74, 6) is -0.0439. The van der Waals surface area contributed by atoms with Crippen LogP contribution in [0.25, 0.3) is 17.1 Å². The number of amides is 1. The second kappa shape index (κ2) is 7.84. The van der Waals surface area contributed by atoms with Crippen molar-refractivity contribution in [2.75, 3.05) is 12.5 Å². The third-order valence-corrected chi connectivity index (χ3v) is 4.61. The molecule has 2 aromatic heterocycles. The van der Waals surface area contributed by atoms with Gasteiger partial charge in [0, 0.05) is 17.2 Å². The number of nitrogen functional groups attached to an aromatic ring is 1. The monoisotopic (exact) mass is 450 g/mol. The molecule has 0 fully saturated rings. The number of anilines is 1. The fraction of sp³-hybridized carbons (Fsp3) is 0.0526. The van der Waals surface area contributed by atoms with E-state index in [0.29, 0.717) is 17.1 Å². The molecule has 1 aliphatic heterocycles. The third-order valence-electron chi connectivity index (χ3n) is 4.61. The number of nitrogens with two attached hydrogens (primary N) is 1. The molecule has 166 valence electrons. The summed E-state index contributed by atoms with van der Waals surface area (Å²) in [6.07, 6.45) is 1.21. The highest BCUT2D eigenvalue weighted by atomic mass is 16.7. The van der Waals surface area contributed by atoms with E-state index in [1.54, 1.807) is 18.2 Å². The Kier molecular flexibility index (Phi) is 4.71. The number of fused-ring (bicyclic) bond motifs is 1. The second-order valence-electron chi connectivity index (χ2n) is 6.68. The van der Waals surface area contributed by atoms with Crippen molar-refractivity contribution in [1.29, 1.82) is 0 Å². The SMILES string of the molecule is Nc1nonc1-n1nnc(C(=O)N/N=C\c2ccc(O)cc2O)c1-c1ccc2c(c1)OCO2. The Bertz CT molecular complexity index is 1390. The molecule has 5 N–H and O–H groups in total. The molecule has 33 heavy (non-hydrogen) atoms. The summed E-state index contributed by atoms with van der Waals surface area (Å²) in [6.45, 7) is 0.0720. The van der Waals surface area contributed by atoms with E-state index in [2.05, 4.69) is 35.8 Å². The maximum atomic E-state index is 12.9. The van der Waals surface area contributed by atoms with Gasteiger partial charge in [-0.1, -0.05) is 5.21 Å². The molecule has 0 unspecified atom stereocenters. The first kappa shape index (κ1) is 19.8. The van der Waals surface area contributed by atoms with E-state index < -0.39 is 5.91 Å². The van der Waals surface area contributed by atoms with Crippen LogP contribution in [0.1, 0.15) is 16.1 Å². The van der Waals surface area contributed by atoms with Crippen LogP contribution in [-0.4, -0.2) is 54.4 Å². The van der Waals surface area contributed by atoms with Gasteiger partial charge >= 0.3 is 0 Å². The van der Waals surface area contributed by atoms with Crippen molar-refractivity contribution in [2.24, 2.45) is 5.10 Å². The summed E-state index contributed by atoms with van der Waals surface area (Å²) in [6, 6.07) is 8.93. The van der Waals surface area contributed by atoms with Crippen LogP contribution in [0.4, 0.5) is 5.82 Å². The summed E-state index contributed by atoms with van der Waals surface area (Å²) in [4.78, 5) is 12.9. The minimum atomic E-state index is -0.710. The van der Waals surface area contributed by atoms with Crippen LogP contribution in [0.3, 0.4) is 0 Å². The molecule has 0 aliphatic carbocycles. The maximum absolute atomic E-state index is 12.9. The first-order valence-electron chi connectivity index (χ1n) is 9.31. The topological polar surface area (TPSA) is 196 Å². The highest BCUT2D eigenvalue weighted by molar-refractivity contribution is 5.99. The van der Waals surface area contributed by atoms with Crippen molar-refractivity contribution in [3.8, 4) is 40.1 Å². The lowest BCUT2D eigenvalue weighted by atomic mass is 10.1. The van der Waals surface area contributed by atoms with Crippen molar-refractivity contribution in [1.82, 2.24) is 30.7 Å². The molecule has 0 atom stereocenters. The predicted octanol–water partition coefficient (Wildman–Crippen LogP) is 0.803. The fourth-order valence-corrected chi connectivity index (χ4v) is 3.08. The molecule has 1 aliphatic rings. The number of ether oxygens (including phenoxy) is 2. The molecule has 0 saturated heterocycles. The molecule has 14 heteroatoms. The van der Waals surface area contributed by atoms with E-state index in [4.69, 9.17) is 15.2 Å². The molecule has 14 nitrogen and oxygen atoms in total. The Morgan fingerprint density at radius 1 is 1.15 bits per heavy atom. The first-order valence-corrected chi connectivity index (χ1v) is 9.31. The summed E-state index contributed by atoms with van der Waals surface area (Å²) in [5.41, 5.74) is 9.00. The van der Waals surface area contributed by atoms with Crippen LogP contribution in [-0.2, 0) is 0 Å². The summed E-state index contributed by atoms with van der Waals surface area (Å²) in [5, 5.41) is 38.2. The highest BCUT2D eigenvalue weighted by Gasteiger charge is 2.26. The zero-order chi connectivity index (χ0) is 22.9. The Balaban J connectivity index is 1.51. The Hall–Kier alpha value is -5.14. The van der Waals surface area contributed by atoms with Gasteiger partial charge in [0.1, 0.15) is 17.2 Å². The number of hydrazone groups is 1. The van der Waals surface area contributed by atoms with Gasteiger partial charge in [0.2, 0.25) is 18.4 Å². The molecule has 3 heterocycles. The number of benzene rings is 2. The van der Waals surface area contributed by atoms with Gasteiger partial charge in [-0.2, -0.15) is 9.78 Å². The maximum Gasteiger partial charge on any atom is 0.294 e. The molecule has 1 amide bonds. The zero-order valence-corrected chi connectivity index (χ0v) is 16.5. The number of phenolic OH excluding ortho intramolecular Hbond substituents is 2. The van der Waals surface area contributed by atoms with Gasteiger partial charge in [-0.05, 0) is 40.6 Å². The van der Waals surface area contributed by atoms with Crippen molar-refractivity contribution in [3.63, 3.8) is 0 Å². The number of hydrogen-bond donors (Lipinski definition) is 4. The predicted molar refractivity (Wildman–Crippen MR) is 110 cm³/mol. The normalized spacial score (nSPS) is 12.4. The largest absolute Gasteiger partial charge is 0.508 e. The van der Waals surface area contributed by atoms with Crippen LogP contribution in [0.15, 0.2) is 46.1 Å². The number of phenols is 2. The van der Waals surface area contributed by atoms with E-state index in [1.165, 1.54) is 23.0 Å². The van der Waals surface area contributed by atoms with Crippen molar-refractivity contribution < 1.29 is 29.1 Å². The molecule has 0 spiro atoms. The Morgan fingerprint density at radius 2 is 2.00 bits per heavy atom. The molecule has 0 saturated carbocycles. The lowest BCUT2D eigenvalue weighted by Gasteiger charge is -2.07. The van der Waals surface area contributed by atoms with Crippen LogP contribution in [0, 0.1) is 0 Å². The van der Waals surface area contributed by atoms with Crippen molar-refractivity contribution in [2.45, 2.75) is 0 Å². The number of aromatic nitrogens is 5. The third kappa shape index (κ3) is 3.60. The first-order chi connectivity index (χ1) is 16.0. The number of nitrogens with one attached hydrogen (secondary N) is 1. The zero-order valence-electron chi connectivity index (χ0n) is 16.5. The summed E-state index contributed by atoms with van der Waals surface area (Å²) in [7, 11) is 0. The Labute approximate surface area is 183 Å². The van der Waals surface area contributed by atoms with Crippen molar-refractivity contribution >= 4 is 17.9 Å². The minimum absolute atomic E-state index is 0.0340. The molecular weight excluding hydrogens is 436 g/mol. The van der Waals surface area contributed by atoms with E-state index in [9.17, 15) is 15.0 Å². The van der Waals surface area contributed by atoms with Gasteiger partial charge in [-0.3, -0.25) is 4.79 Å². The van der Waals surface area contributed by atoms with Gasteiger partial charge in [0.05, 0.1) is 6.21 Å². The average molecular weight is 450 g/mol. The molecule has 5 rings (SSSR count). The van der Waals surface area contributed by atoms with Gasteiger partial charge < -0.3 is 25.4 Å². The van der Waals surface area contributed by atoms with Gasteiger partial charge in [0.15, 0.2) is 17.2 Å². The quantitative estimate of drug-likeness (QED) is 0.248. The summed E-state index contributed by atoms with van der Waals surface area (Å²) < 4.78 is 16.6. The number of hydrogen-bond acceptors (Lipinski definition) is 12. The lowest BCUT2D eigenvalue weighted by molar-refractivity contribution is 0.0950. The van der Waals surface area contributed by atoms with Crippen LogP contribution in [0.2, 0.25) is 0 Å². The van der Waals surface area contributed by atoms with Gasteiger partial charge in [-0.25, -0.2) is 10.1 Å². The van der Waals surface area contributed by atoms with Gasteiger partial charge in [0.25, 0.3) is 5.91 Å². The Morgan fingerprint density at radius 3 is 2.79 bits per heavy atom. The average Bonchev–Trinajstić information content (AvgIpc) is 3.53. The van der Waals surface area contributed by atoms with Gasteiger partial charge in [-0.15, -0.1) is 5.10 Å². The number of carbonyl (C=O) groups is 1. The minimum Gasteiger partial charge on any atom is -0.508 e. The van der Waals surface area contributed by atoms with Crippen LogP contribution >= 0.6 is 0 Å². The standard InChI is InChI=1S/C19H14N8O6/c20-17-18(25-33-24-17)27-16(9-2-4-13-14(5-9)32-8-31-13)15(22-26-27)19(30)23-21-7-10-1-3-11(28)6-12(10)29/h1-7,28-29H,8H2,(H2,20,24)(H,23,30)/b21-7-. The molecule has 4 aromatic rings. The second-order valence-corrected chi connectivity index (χ2v) is 6.68.